The summed E-state index contributed by atoms with van der Waals surface area (Å²) in [6.45, 7) is 2.99. The molecule has 1 amide bonds. The maximum Gasteiger partial charge on any atom is 0.246 e. The molecular weight excluding hydrogens is 364 g/mol. The molecule has 1 heterocycles. The zero-order valence-electron chi connectivity index (χ0n) is 15.5. The minimum absolute atomic E-state index is 0.0144. The summed E-state index contributed by atoms with van der Waals surface area (Å²) in [5, 5.41) is 0.730. The van der Waals surface area contributed by atoms with Gasteiger partial charge in [0.25, 0.3) is 0 Å². The number of methoxy groups -OCH3 is 2. The van der Waals surface area contributed by atoms with E-state index >= 15 is 0 Å². The molecule has 1 saturated heterocycles. The molecule has 0 radical (unpaired) electrons. The highest BCUT2D eigenvalue weighted by Crippen LogP contribution is 2.28. The Kier molecular flexibility index (Phi) is 6.24. The van der Waals surface area contributed by atoms with Crippen molar-refractivity contribution in [1.82, 2.24) is 4.90 Å². The highest BCUT2D eigenvalue weighted by atomic mass is 35.5. The molecule has 6 heteroatoms. The van der Waals surface area contributed by atoms with E-state index in [0.717, 1.165) is 29.4 Å². The number of ether oxygens (including phenoxy) is 2. The number of hydrogen-bond donors (Lipinski definition) is 0. The predicted molar refractivity (Wildman–Crippen MR) is 109 cm³/mol. The minimum Gasteiger partial charge on any atom is -0.493 e. The highest BCUT2D eigenvalue weighted by Gasteiger charge is 2.19. The molecule has 0 saturated carbocycles. The van der Waals surface area contributed by atoms with Crippen LogP contribution in [0.25, 0.3) is 6.08 Å². The molecule has 2 aromatic carbocycles. The molecule has 2 aromatic rings. The lowest BCUT2D eigenvalue weighted by atomic mass is 10.1. The first-order valence-corrected chi connectivity index (χ1v) is 9.18. The van der Waals surface area contributed by atoms with E-state index in [2.05, 4.69) is 4.90 Å². The van der Waals surface area contributed by atoms with Crippen LogP contribution in [0.4, 0.5) is 5.69 Å². The van der Waals surface area contributed by atoms with Gasteiger partial charge in [0, 0.05) is 43.0 Å². The number of carbonyl (C=O) groups is 1. The van der Waals surface area contributed by atoms with Crippen LogP contribution in [0.1, 0.15) is 5.56 Å². The van der Waals surface area contributed by atoms with E-state index in [1.807, 2.05) is 47.4 Å². The first kappa shape index (κ1) is 19.1. The second-order valence-electron chi connectivity index (χ2n) is 6.24. The van der Waals surface area contributed by atoms with Crippen molar-refractivity contribution >= 4 is 29.3 Å². The number of anilines is 1. The van der Waals surface area contributed by atoms with Gasteiger partial charge in [0.15, 0.2) is 11.5 Å². The second-order valence-corrected chi connectivity index (χ2v) is 6.67. The van der Waals surface area contributed by atoms with Gasteiger partial charge in [-0.25, -0.2) is 0 Å². The molecule has 1 aliphatic rings. The van der Waals surface area contributed by atoms with Gasteiger partial charge in [-0.1, -0.05) is 17.7 Å². The molecule has 0 aromatic heterocycles. The van der Waals surface area contributed by atoms with E-state index in [1.54, 1.807) is 26.4 Å². The van der Waals surface area contributed by atoms with E-state index in [-0.39, 0.29) is 5.91 Å². The SMILES string of the molecule is COc1ccc(C=CC(=O)N2CCN(c3ccc(Cl)cc3)CC2)cc1OC. The molecule has 0 aliphatic carbocycles. The quantitative estimate of drug-likeness (QED) is 0.734. The van der Waals surface area contributed by atoms with Crippen molar-refractivity contribution < 1.29 is 14.3 Å². The second kappa shape index (κ2) is 8.82. The largest absolute Gasteiger partial charge is 0.493 e. The van der Waals surface area contributed by atoms with Crippen LogP contribution in [0.5, 0.6) is 11.5 Å². The Bertz CT molecular complexity index is 813. The number of rotatable bonds is 5. The van der Waals surface area contributed by atoms with Gasteiger partial charge in [-0.2, -0.15) is 0 Å². The molecule has 5 nitrogen and oxygen atoms in total. The summed E-state index contributed by atoms with van der Waals surface area (Å²) in [5.74, 6) is 1.32. The average Bonchev–Trinajstić information content (AvgIpc) is 2.72. The first-order chi connectivity index (χ1) is 13.1. The Morgan fingerprint density at radius 2 is 1.63 bits per heavy atom. The molecule has 0 spiro atoms. The summed E-state index contributed by atoms with van der Waals surface area (Å²) in [7, 11) is 3.19. The van der Waals surface area contributed by atoms with E-state index < -0.39 is 0 Å². The van der Waals surface area contributed by atoms with Gasteiger partial charge in [0.05, 0.1) is 14.2 Å². The Morgan fingerprint density at radius 3 is 2.26 bits per heavy atom. The molecular formula is C21H23ClN2O3. The minimum atomic E-state index is 0.0144. The van der Waals surface area contributed by atoms with Crippen LogP contribution in [-0.4, -0.2) is 51.2 Å². The lowest BCUT2D eigenvalue weighted by molar-refractivity contribution is -0.126. The van der Waals surface area contributed by atoms with Crippen LogP contribution in [0, 0.1) is 0 Å². The summed E-state index contributed by atoms with van der Waals surface area (Å²) in [6, 6.07) is 13.4. The van der Waals surface area contributed by atoms with Crippen molar-refractivity contribution in [3.63, 3.8) is 0 Å². The van der Waals surface area contributed by atoms with Gasteiger partial charge >= 0.3 is 0 Å². The highest BCUT2D eigenvalue weighted by molar-refractivity contribution is 6.30. The smallest absolute Gasteiger partial charge is 0.246 e. The maximum absolute atomic E-state index is 12.5. The number of carbonyl (C=O) groups excluding carboxylic acids is 1. The fraction of sp³-hybridized carbons (Fsp3) is 0.286. The third-order valence-electron chi connectivity index (χ3n) is 4.61. The lowest BCUT2D eigenvalue weighted by Crippen LogP contribution is -2.48. The zero-order valence-corrected chi connectivity index (χ0v) is 16.3. The van der Waals surface area contributed by atoms with Gasteiger partial charge in [0.1, 0.15) is 0 Å². The van der Waals surface area contributed by atoms with E-state index in [4.69, 9.17) is 21.1 Å². The van der Waals surface area contributed by atoms with Crippen molar-refractivity contribution in [3.8, 4) is 11.5 Å². The average molecular weight is 387 g/mol. The number of hydrogen-bond acceptors (Lipinski definition) is 4. The summed E-state index contributed by atoms with van der Waals surface area (Å²) in [5.41, 5.74) is 2.02. The van der Waals surface area contributed by atoms with E-state index in [1.165, 1.54) is 0 Å². The molecule has 0 unspecified atom stereocenters. The Hall–Kier alpha value is -2.66. The zero-order chi connectivity index (χ0) is 19.2. The summed E-state index contributed by atoms with van der Waals surface area (Å²) < 4.78 is 10.5. The molecule has 1 aliphatic heterocycles. The molecule has 1 fully saturated rings. The third-order valence-corrected chi connectivity index (χ3v) is 4.86. The van der Waals surface area contributed by atoms with Crippen LogP contribution in [0.3, 0.4) is 0 Å². The van der Waals surface area contributed by atoms with Gasteiger partial charge in [-0.05, 0) is 48.0 Å². The number of nitrogens with zero attached hydrogens (tertiary/aromatic N) is 2. The monoisotopic (exact) mass is 386 g/mol. The topological polar surface area (TPSA) is 42.0 Å². The van der Waals surface area contributed by atoms with Crippen molar-refractivity contribution in [2.75, 3.05) is 45.3 Å². The molecule has 142 valence electrons. The molecule has 0 N–H and O–H groups in total. The van der Waals surface area contributed by atoms with Crippen LogP contribution in [-0.2, 0) is 4.79 Å². The molecule has 0 bridgehead atoms. The Morgan fingerprint density at radius 1 is 0.963 bits per heavy atom. The van der Waals surface area contributed by atoms with E-state index in [9.17, 15) is 4.79 Å². The number of benzene rings is 2. The first-order valence-electron chi connectivity index (χ1n) is 8.80. The van der Waals surface area contributed by atoms with Crippen molar-refractivity contribution in [3.05, 3.63) is 59.1 Å². The van der Waals surface area contributed by atoms with Gasteiger partial charge in [-0.15, -0.1) is 0 Å². The van der Waals surface area contributed by atoms with Crippen molar-refractivity contribution in [2.24, 2.45) is 0 Å². The van der Waals surface area contributed by atoms with Crippen molar-refractivity contribution in [2.45, 2.75) is 0 Å². The van der Waals surface area contributed by atoms with Crippen molar-refractivity contribution in [1.29, 1.82) is 0 Å². The molecule has 27 heavy (non-hydrogen) atoms. The Balaban J connectivity index is 1.58. The standard InChI is InChI=1S/C21H23ClN2O3/c1-26-19-9-3-16(15-20(19)27-2)4-10-21(25)24-13-11-23(12-14-24)18-7-5-17(22)6-8-18/h3-10,15H,11-14H2,1-2H3. The number of amides is 1. The van der Waals surface area contributed by atoms with Gasteiger partial charge < -0.3 is 19.3 Å². The van der Waals surface area contributed by atoms with Crippen LogP contribution in [0.2, 0.25) is 5.02 Å². The molecule has 0 atom stereocenters. The molecule has 3 rings (SSSR count). The fourth-order valence-corrected chi connectivity index (χ4v) is 3.19. The third kappa shape index (κ3) is 4.74. The predicted octanol–water partition coefficient (Wildman–Crippen LogP) is 3.72. The Labute approximate surface area is 164 Å². The fourth-order valence-electron chi connectivity index (χ4n) is 3.07. The normalized spacial score (nSPS) is 14.5. The van der Waals surface area contributed by atoms with Crippen LogP contribution < -0.4 is 14.4 Å². The summed E-state index contributed by atoms with van der Waals surface area (Å²) in [4.78, 5) is 16.6. The van der Waals surface area contributed by atoms with Gasteiger partial charge in [-0.3, -0.25) is 4.79 Å². The summed E-state index contributed by atoms with van der Waals surface area (Å²) >= 11 is 5.94. The van der Waals surface area contributed by atoms with Crippen LogP contribution >= 0.6 is 11.6 Å². The lowest BCUT2D eigenvalue weighted by Gasteiger charge is -2.35. The van der Waals surface area contributed by atoms with Crippen LogP contribution in [0.15, 0.2) is 48.5 Å². The number of halogens is 1. The van der Waals surface area contributed by atoms with Gasteiger partial charge in [0.2, 0.25) is 5.91 Å². The number of piperazine rings is 1. The summed E-state index contributed by atoms with van der Waals surface area (Å²) in [6.07, 6.45) is 3.41. The maximum atomic E-state index is 12.5. The van der Waals surface area contributed by atoms with E-state index in [0.29, 0.717) is 24.6 Å².